The minimum Gasteiger partial charge on any atom is -0.295 e. The number of allylic oxidation sites excluding steroid dienone is 2. The van der Waals surface area contributed by atoms with Crippen molar-refractivity contribution >= 4 is 11.9 Å². The van der Waals surface area contributed by atoms with E-state index >= 15 is 0 Å². The van der Waals surface area contributed by atoms with Gasteiger partial charge in [-0.15, -0.1) is 0 Å². The van der Waals surface area contributed by atoms with E-state index < -0.39 is 0 Å². The fourth-order valence-corrected chi connectivity index (χ4v) is 2.45. The van der Waals surface area contributed by atoms with Gasteiger partial charge in [-0.05, 0) is 40.7 Å². The molecule has 1 aromatic carbocycles. The highest BCUT2D eigenvalue weighted by Crippen LogP contribution is 2.37. The molecule has 1 aromatic rings. The Labute approximate surface area is 118 Å². The van der Waals surface area contributed by atoms with Gasteiger partial charge in [0, 0.05) is 17.0 Å². The van der Waals surface area contributed by atoms with Gasteiger partial charge in [0.1, 0.15) is 0 Å². The lowest BCUT2D eigenvalue weighted by molar-refractivity contribution is -0.117. The average Bonchev–Trinajstić information content (AvgIpc) is 2.37. The van der Waals surface area contributed by atoms with Crippen molar-refractivity contribution in [1.82, 2.24) is 0 Å². The Bertz CT molecular complexity index is 620. The van der Waals surface area contributed by atoms with Gasteiger partial charge in [-0.2, -0.15) is 0 Å². The number of azide groups is 1. The van der Waals surface area contributed by atoms with E-state index in [2.05, 4.69) is 10.0 Å². The summed E-state index contributed by atoms with van der Waals surface area (Å²) in [5.74, 6) is 0.0864. The second-order valence-electron chi connectivity index (χ2n) is 5.78. The molecule has 0 aromatic heterocycles. The quantitative estimate of drug-likeness (QED) is 0.446. The summed E-state index contributed by atoms with van der Waals surface area (Å²) in [6, 6.07) is 9.64. The van der Waals surface area contributed by atoms with Gasteiger partial charge in [0.15, 0.2) is 5.78 Å². The van der Waals surface area contributed by atoms with Crippen molar-refractivity contribution in [2.75, 3.05) is 0 Å². The highest BCUT2D eigenvalue weighted by molar-refractivity contribution is 5.93. The first-order chi connectivity index (χ1) is 9.50. The maximum atomic E-state index is 11.8. The molecular formula is C16H17N3O. The molecule has 0 N–H and O–H groups in total. The Morgan fingerprint density at radius 3 is 2.60 bits per heavy atom. The maximum absolute atomic E-state index is 11.8. The first-order valence-electron chi connectivity index (χ1n) is 6.56. The lowest BCUT2D eigenvalue weighted by Gasteiger charge is -2.29. The Morgan fingerprint density at radius 2 is 2.00 bits per heavy atom. The monoisotopic (exact) mass is 267 g/mol. The molecule has 0 spiro atoms. The number of ketones is 1. The second kappa shape index (κ2) is 5.76. The molecule has 0 saturated carbocycles. The smallest absolute Gasteiger partial charge is 0.156 e. The van der Waals surface area contributed by atoms with Gasteiger partial charge in [0.25, 0.3) is 0 Å². The topological polar surface area (TPSA) is 65.8 Å². The summed E-state index contributed by atoms with van der Waals surface area (Å²) in [4.78, 5) is 14.7. The Balaban J connectivity index is 2.42. The Morgan fingerprint density at radius 1 is 1.30 bits per heavy atom. The molecule has 1 aliphatic carbocycles. The van der Waals surface area contributed by atoms with E-state index in [1.807, 2.05) is 50.3 Å². The van der Waals surface area contributed by atoms with E-state index in [1.54, 1.807) is 6.08 Å². The van der Waals surface area contributed by atoms with Crippen LogP contribution in [0.3, 0.4) is 0 Å². The standard InChI is InChI=1S/C16H17N3O/c1-16(2)10-13(9-14(20)11-16)15(18-19-17)8-12-6-4-3-5-7-12/h3-9H,10-11H2,1-2H3. The summed E-state index contributed by atoms with van der Waals surface area (Å²) in [5, 5.41) is 3.76. The predicted molar refractivity (Wildman–Crippen MR) is 79.7 cm³/mol. The van der Waals surface area contributed by atoms with E-state index in [-0.39, 0.29) is 11.2 Å². The minimum atomic E-state index is -0.0953. The van der Waals surface area contributed by atoms with E-state index in [0.29, 0.717) is 12.1 Å². The van der Waals surface area contributed by atoms with Gasteiger partial charge >= 0.3 is 0 Å². The summed E-state index contributed by atoms with van der Waals surface area (Å²) in [5.41, 5.74) is 10.9. The third-order valence-electron chi connectivity index (χ3n) is 3.24. The van der Waals surface area contributed by atoms with Crippen LogP contribution in [0.25, 0.3) is 16.5 Å². The molecular weight excluding hydrogens is 250 g/mol. The summed E-state index contributed by atoms with van der Waals surface area (Å²) >= 11 is 0. The summed E-state index contributed by atoms with van der Waals surface area (Å²) in [6.45, 7) is 4.10. The van der Waals surface area contributed by atoms with Crippen LogP contribution in [0.2, 0.25) is 0 Å². The Hall–Kier alpha value is -2.32. The maximum Gasteiger partial charge on any atom is 0.156 e. The van der Waals surface area contributed by atoms with Gasteiger partial charge < -0.3 is 0 Å². The molecule has 0 fully saturated rings. The molecule has 0 aliphatic heterocycles. The molecule has 2 rings (SSSR count). The van der Waals surface area contributed by atoms with E-state index in [4.69, 9.17) is 5.53 Å². The van der Waals surface area contributed by atoms with Crippen LogP contribution in [0.15, 0.2) is 52.8 Å². The zero-order valence-electron chi connectivity index (χ0n) is 11.7. The van der Waals surface area contributed by atoms with Gasteiger partial charge in [0.2, 0.25) is 0 Å². The highest BCUT2D eigenvalue weighted by Gasteiger charge is 2.28. The third kappa shape index (κ3) is 3.59. The van der Waals surface area contributed by atoms with Crippen LogP contribution in [0.4, 0.5) is 0 Å². The lowest BCUT2D eigenvalue weighted by atomic mass is 9.76. The van der Waals surface area contributed by atoms with Gasteiger partial charge in [0.05, 0.1) is 0 Å². The van der Waals surface area contributed by atoms with Crippen LogP contribution < -0.4 is 0 Å². The predicted octanol–water partition coefficient (Wildman–Crippen LogP) is 4.65. The lowest BCUT2D eigenvalue weighted by Crippen LogP contribution is -2.22. The second-order valence-corrected chi connectivity index (χ2v) is 5.78. The van der Waals surface area contributed by atoms with Crippen molar-refractivity contribution in [2.45, 2.75) is 26.7 Å². The van der Waals surface area contributed by atoms with Crippen LogP contribution in [-0.4, -0.2) is 5.78 Å². The molecule has 0 bridgehead atoms. The van der Waals surface area contributed by atoms with E-state index in [9.17, 15) is 4.79 Å². The molecule has 1 aliphatic rings. The third-order valence-corrected chi connectivity index (χ3v) is 3.24. The van der Waals surface area contributed by atoms with Crippen molar-refractivity contribution in [3.8, 4) is 0 Å². The summed E-state index contributed by atoms with van der Waals surface area (Å²) in [7, 11) is 0. The zero-order valence-corrected chi connectivity index (χ0v) is 11.7. The molecule has 0 radical (unpaired) electrons. The SMILES string of the molecule is CC1(C)CC(=O)C=C(C(=Cc2ccccc2)N=[N+]=[N-])C1. The van der Waals surface area contributed by atoms with Gasteiger partial charge in [-0.3, -0.25) is 4.79 Å². The van der Waals surface area contributed by atoms with Crippen LogP contribution >= 0.6 is 0 Å². The normalized spacial score (nSPS) is 18.2. The van der Waals surface area contributed by atoms with Crippen LogP contribution in [0.5, 0.6) is 0 Å². The molecule has 0 heterocycles. The summed E-state index contributed by atoms with van der Waals surface area (Å²) in [6.07, 6.45) is 4.69. The zero-order chi connectivity index (χ0) is 14.6. The number of hydrogen-bond acceptors (Lipinski definition) is 2. The van der Waals surface area contributed by atoms with Crippen molar-refractivity contribution in [2.24, 2.45) is 10.5 Å². The number of nitrogens with zero attached hydrogens (tertiary/aromatic N) is 3. The van der Waals surface area contributed by atoms with Crippen molar-refractivity contribution in [3.05, 3.63) is 63.7 Å². The first-order valence-corrected chi connectivity index (χ1v) is 6.56. The van der Waals surface area contributed by atoms with E-state index in [1.165, 1.54) is 0 Å². The van der Waals surface area contributed by atoms with Crippen LogP contribution in [0, 0.1) is 5.41 Å². The fraction of sp³-hybridized carbons (Fsp3) is 0.312. The number of rotatable bonds is 3. The highest BCUT2D eigenvalue weighted by atomic mass is 16.1. The van der Waals surface area contributed by atoms with Crippen LogP contribution in [-0.2, 0) is 4.79 Å². The number of hydrogen-bond donors (Lipinski definition) is 0. The van der Waals surface area contributed by atoms with Gasteiger partial charge in [-0.25, -0.2) is 0 Å². The van der Waals surface area contributed by atoms with Crippen molar-refractivity contribution in [3.63, 3.8) is 0 Å². The number of carbonyl (C=O) groups excluding carboxylic acids is 1. The first kappa shape index (κ1) is 14.1. The minimum absolute atomic E-state index is 0.0864. The van der Waals surface area contributed by atoms with E-state index in [0.717, 1.165) is 17.6 Å². The molecule has 0 amide bonds. The molecule has 0 unspecified atom stereocenters. The van der Waals surface area contributed by atoms with Crippen LogP contribution in [0.1, 0.15) is 32.3 Å². The van der Waals surface area contributed by atoms with Gasteiger partial charge in [-0.1, -0.05) is 49.3 Å². The van der Waals surface area contributed by atoms with Crippen molar-refractivity contribution in [1.29, 1.82) is 0 Å². The average molecular weight is 267 g/mol. The number of benzene rings is 1. The molecule has 0 saturated heterocycles. The molecule has 20 heavy (non-hydrogen) atoms. The molecule has 102 valence electrons. The largest absolute Gasteiger partial charge is 0.295 e. The summed E-state index contributed by atoms with van der Waals surface area (Å²) < 4.78 is 0. The molecule has 4 nitrogen and oxygen atoms in total. The molecule has 4 heteroatoms. The fourth-order valence-electron chi connectivity index (χ4n) is 2.45. The molecule has 0 atom stereocenters. The van der Waals surface area contributed by atoms with Crippen molar-refractivity contribution < 1.29 is 4.79 Å². The Kier molecular flexibility index (Phi) is 4.06. The number of carbonyl (C=O) groups is 1.